The molecule has 1 aliphatic rings. The zero-order valence-electron chi connectivity index (χ0n) is 12.8. The molecule has 122 valence electrons. The summed E-state index contributed by atoms with van der Waals surface area (Å²) in [6.07, 6.45) is -0.274. The van der Waals surface area contributed by atoms with Gasteiger partial charge >= 0.3 is 0 Å². The van der Waals surface area contributed by atoms with Gasteiger partial charge in [-0.1, -0.05) is 29.8 Å². The summed E-state index contributed by atoms with van der Waals surface area (Å²) in [6.45, 7) is 4.85. The van der Waals surface area contributed by atoms with Crippen molar-refractivity contribution in [3.63, 3.8) is 0 Å². The maximum Gasteiger partial charge on any atom is 0.224 e. The van der Waals surface area contributed by atoms with E-state index in [2.05, 4.69) is 5.32 Å². The van der Waals surface area contributed by atoms with E-state index in [-0.39, 0.29) is 11.9 Å². The third-order valence-corrected chi connectivity index (χ3v) is 4.11. The SMILES string of the molecule is CC(CC(=O)N1CCOCC1)NCC(O)c1ccccc1Cl. The Kier molecular flexibility index (Phi) is 6.64. The Labute approximate surface area is 136 Å². The fraction of sp³-hybridized carbons (Fsp3) is 0.562. The topological polar surface area (TPSA) is 61.8 Å². The number of nitrogens with one attached hydrogen (secondary N) is 1. The van der Waals surface area contributed by atoms with Crippen LogP contribution in [0.25, 0.3) is 0 Å². The van der Waals surface area contributed by atoms with Gasteiger partial charge in [-0.25, -0.2) is 0 Å². The van der Waals surface area contributed by atoms with Crippen LogP contribution < -0.4 is 5.32 Å². The number of aliphatic hydroxyl groups is 1. The lowest BCUT2D eigenvalue weighted by Gasteiger charge is -2.28. The number of halogens is 1. The standard InChI is InChI=1S/C16H23ClN2O3/c1-12(10-16(21)19-6-8-22-9-7-19)18-11-15(20)13-4-2-3-5-14(13)17/h2-5,12,15,18,20H,6-11H2,1H3. The molecule has 0 spiro atoms. The van der Waals surface area contributed by atoms with Crippen molar-refractivity contribution in [2.24, 2.45) is 0 Å². The Morgan fingerprint density at radius 1 is 1.41 bits per heavy atom. The number of aliphatic hydroxyl groups excluding tert-OH is 1. The predicted molar refractivity (Wildman–Crippen MR) is 85.9 cm³/mol. The minimum Gasteiger partial charge on any atom is -0.387 e. The first kappa shape index (κ1) is 17.2. The highest BCUT2D eigenvalue weighted by molar-refractivity contribution is 6.31. The van der Waals surface area contributed by atoms with Gasteiger partial charge in [0.15, 0.2) is 0 Å². The zero-order chi connectivity index (χ0) is 15.9. The van der Waals surface area contributed by atoms with Crippen LogP contribution in [0.2, 0.25) is 5.02 Å². The molecule has 1 aromatic rings. The molecule has 22 heavy (non-hydrogen) atoms. The Bertz CT molecular complexity index is 492. The van der Waals surface area contributed by atoms with E-state index in [9.17, 15) is 9.90 Å². The number of carbonyl (C=O) groups is 1. The summed E-state index contributed by atoms with van der Waals surface area (Å²) in [4.78, 5) is 13.9. The molecule has 1 amide bonds. The number of hydrogen-bond donors (Lipinski definition) is 2. The number of amides is 1. The van der Waals surface area contributed by atoms with Crippen molar-refractivity contribution in [3.8, 4) is 0 Å². The Hall–Kier alpha value is -1.14. The van der Waals surface area contributed by atoms with Gasteiger partial charge in [-0.05, 0) is 13.0 Å². The van der Waals surface area contributed by atoms with Gasteiger partial charge < -0.3 is 20.1 Å². The normalized spacial score (nSPS) is 18.0. The molecule has 0 aromatic heterocycles. The van der Waals surface area contributed by atoms with Gasteiger partial charge in [0.1, 0.15) is 0 Å². The highest BCUT2D eigenvalue weighted by atomic mass is 35.5. The largest absolute Gasteiger partial charge is 0.387 e. The molecule has 1 saturated heterocycles. The van der Waals surface area contributed by atoms with Crippen molar-refractivity contribution < 1.29 is 14.6 Å². The summed E-state index contributed by atoms with van der Waals surface area (Å²) < 4.78 is 5.24. The first-order valence-corrected chi connectivity index (χ1v) is 7.97. The van der Waals surface area contributed by atoms with Crippen LogP contribution in [-0.4, -0.2) is 54.8 Å². The summed E-state index contributed by atoms with van der Waals surface area (Å²) in [7, 11) is 0. The first-order valence-electron chi connectivity index (χ1n) is 7.59. The van der Waals surface area contributed by atoms with Crippen molar-refractivity contribution in [3.05, 3.63) is 34.9 Å². The Balaban J connectivity index is 1.76. The van der Waals surface area contributed by atoms with E-state index in [1.807, 2.05) is 24.0 Å². The summed E-state index contributed by atoms with van der Waals surface area (Å²) in [5.74, 6) is 0.121. The second kappa shape index (κ2) is 8.48. The van der Waals surface area contributed by atoms with E-state index in [0.717, 1.165) is 0 Å². The molecule has 2 atom stereocenters. The van der Waals surface area contributed by atoms with Gasteiger partial charge in [-0.15, -0.1) is 0 Å². The Morgan fingerprint density at radius 2 is 2.09 bits per heavy atom. The molecule has 1 aromatic carbocycles. The second-order valence-electron chi connectivity index (χ2n) is 5.54. The molecule has 2 unspecified atom stereocenters. The lowest BCUT2D eigenvalue weighted by Crippen LogP contribution is -2.43. The molecule has 0 bridgehead atoms. The number of ether oxygens (including phenoxy) is 1. The molecule has 6 heteroatoms. The number of hydrogen-bond acceptors (Lipinski definition) is 4. The fourth-order valence-electron chi connectivity index (χ4n) is 2.44. The van der Waals surface area contributed by atoms with Crippen LogP contribution in [0.1, 0.15) is 25.0 Å². The highest BCUT2D eigenvalue weighted by Crippen LogP contribution is 2.22. The quantitative estimate of drug-likeness (QED) is 0.833. The van der Waals surface area contributed by atoms with Crippen LogP contribution in [0.4, 0.5) is 0 Å². The van der Waals surface area contributed by atoms with Gasteiger partial charge in [0.2, 0.25) is 5.91 Å². The highest BCUT2D eigenvalue weighted by Gasteiger charge is 2.19. The molecule has 1 heterocycles. The summed E-state index contributed by atoms with van der Waals surface area (Å²) in [6, 6.07) is 7.22. The van der Waals surface area contributed by atoms with Crippen LogP contribution in [0.5, 0.6) is 0 Å². The van der Waals surface area contributed by atoms with Crippen LogP contribution in [0.3, 0.4) is 0 Å². The molecule has 0 saturated carbocycles. The third-order valence-electron chi connectivity index (χ3n) is 3.77. The number of morpholine rings is 1. The van der Waals surface area contributed by atoms with Gasteiger partial charge in [-0.3, -0.25) is 4.79 Å². The maximum absolute atomic E-state index is 12.1. The average Bonchev–Trinajstić information content (AvgIpc) is 2.54. The summed E-state index contributed by atoms with van der Waals surface area (Å²) >= 11 is 6.06. The van der Waals surface area contributed by atoms with E-state index < -0.39 is 6.10 Å². The van der Waals surface area contributed by atoms with Gasteiger partial charge in [0.05, 0.1) is 19.3 Å². The second-order valence-corrected chi connectivity index (χ2v) is 5.95. The molecular weight excluding hydrogens is 304 g/mol. The number of carbonyl (C=O) groups excluding carboxylic acids is 1. The first-order chi connectivity index (χ1) is 10.6. The lowest BCUT2D eigenvalue weighted by molar-refractivity contribution is -0.135. The van der Waals surface area contributed by atoms with Gasteiger partial charge in [-0.2, -0.15) is 0 Å². The molecule has 0 radical (unpaired) electrons. The predicted octanol–water partition coefficient (Wildman–Crippen LogP) is 1.60. The number of rotatable bonds is 6. The minimum atomic E-state index is -0.686. The van der Waals surface area contributed by atoms with Crippen molar-refractivity contribution in [2.75, 3.05) is 32.8 Å². The molecule has 2 N–H and O–H groups in total. The smallest absolute Gasteiger partial charge is 0.224 e. The van der Waals surface area contributed by atoms with E-state index >= 15 is 0 Å². The number of nitrogens with zero attached hydrogens (tertiary/aromatic N) is 1. The molecule has 1 aliphatic heterocycles. The van der Waals surface area contributed by atoms with Crippen molar-refractivity contribution >= 4 is 17.5 Å². The monoisotopic (exact) mass is 326 g/mol. The lowest BCUT2D eigenvalue weighted by atomic mass is 10.1. The average molecular weight is 327 g/mol. The molecule has 0 aliphatic carbocycles. The van der Waals surface area contributed by atoms with Crippen LogP contribution in [-0.2, 0) is 9.53 Å². The molecule has 2 rings (SSSR count). The van der Waals surface area contributed by atoms with Gasteiger partial charge in [0.25, 0.3) is 0 Å². The molecule has 1 fully saturated rings. The summed E-state index contributed by atoms with van der Waals surface area (Å²) in [5.41, 5.74) is 0.698. The minimum absolute atomic E-state index is 0.00696. The van der Waals surface area contributed by atoms with Crippen LogP contribution in [0, 0.1) is 0 Å². The van der Waals surface area contributed by atoms with Gasteiger partial charge in [0, 0.05) is 42.7 Å². The van der Waals surface area contributed by atoms with E-state index in [0.29, 0.717) is 49.9 Å². The van der Waals surface area contributed by atoms with Crippen molar-refractivity contribution in [1.29, 1.82) is 0 Å². The fourth-order valence-corrected chi connectivity index (χ4v) is 2.71. The molecule has 5 nitrogen and oxygen atoms in total. The third kappa shape index (κ3) is 4.95. The van der Waals surface area contributed by atoms with E-state index in [1.165, 1.54) is 0 Å². The van der Waals surface area contributed by atoms with Crippen molar-refractivity contribution in [1.82, 2.24) is 10.2 Å². The number of benzene rings is 1. The maximum atomic E-state index is 12.1. The van der Waals surface area contributed by atoms with Crippen LogP contribution in [0.15, 0.2) is 24.3 Å². The van der Waals surface area contributed by atoms with E-state index in [1.54, 1.807) is 12.1 Å². The van der Waals surface area contributed by atoms with E-state index in [4.69, 9.17) is 16.3 Å². The molecular formula is C16H23ClN2O3. The van der Waals surface area contributed by atoms with Crippen molar-refractivity contribution in [2.45, 2.75) is 25.5 Å². The Morgan fingerprint density at radius 3 is 2.77 bits per heavy atom. The zero-order valence-corrected chi connectivity index (χ0v) is 13.6. The van der Waals surface area contributed by atoms with Crippen LogP contribution >= 0.6 is 11.6 Å². The summed E-state index contributed by atoms with van der Waals surface area (Å²) in [5, 5.41) is 13.9.